The van der Waals surface area contributed by atoms with E-state index in [1.54, 1.807) is 6.92 Å². The molecule has 5 heteroatoms. The van der Waals surface area contributed by atoms with E-state index in [4.69, 9.17) is 9.47 Å². The van der Waals surface area contributed by atoms with E-state index < -0.39 is 5.41 Å². The third-order valence-corrected chi connectivity index (χ3v) is 4.39. The topological polar surface area (TPSA) is 69.7 Å². The molecule has 1 heterocycles. The fourth-order valence-electron chi connectivity index (χ4n) is 3.08. The van der Waals surface area contributed by atoms with Crippen LogP contribution in [-0.4, -0.2) is 30.9 Å². The Bertz CT molecular complexity index is 592. The fourth-order valence-corrected chi connectivity index (χ4v) is 3.08. The monoisotopic (exact) mass is 306 g/mol. The van der Waals surface area contributed by atoms with Crippen molar-refractivity contribution in [2.24, 2.45) is 5.41 Å². The van der Waals surface area contributed by atoms with Crippen LogP contribution in [0.4, 0.5) is 0 Å². The SMILES string of the molecule is CCOC(=O)CC1=C(C(C)=C(C)C)C(=O)C2(COC(=O)C2)C1. The number of rotatable bonds is 4. The Morgan fingerprint density at radius 1 is 1.23 bits per heavy atom. The van der Waals surface area contributed by atoms with E-state index in [2.05, 4.69) is 0 Å². The molecular formula is C17H22O5. The molecule has 1 aliphatic heterocycles. The molecule has 2 rings (SSSR count). The van der Waals surface area contributed by atoms with Crippen LogP contribution in [0, 0.1) is 5.41 Å². The normalized spacial score (nSPS) is 24.0. The molecule has 0 aromatic rings. The summed E-state index contributed by atoms with van der Waals surface area (Å²) in [6, 6.07) is 0. The molecule has 5 nitrogen and oxygen atoms in total. The Morgan fingerprint density at radius 2 is 1.91 bits per heavy atom. The zero-order chi connectivity index (χ0) is 16.5. The minimum atomic E-state index is -0.815. The van der Waals surface area contributed by atoms with Gasteiger partial charge in [0, 0.05) is 5.57 Å². The Kier molecular flexibility index (Phi) is 4.54. The fraction of sp³-hybridized carbons (Fsp3) is 0.588. The molecule has 0 amide bonds. The maximum absolute atomic E-state index is 12.9. The number of allylic oxidation sites excluding steroid dienone is 3. The summed E-state index contributed by atoms with van der Waals surface area (Å²) in [6.07, 6.45) is 0.587. The zero-order valence-corrected chi connectivity index (χ0v) is 13.6. The number of Topliss-reactive ketones (excluding diaryl/α,β-unsaturated/α-hetero) is 1. The van der Waals surface area contributed by atoms with Crippen molar-refractivity contribution in [3.8, 4) is 0 Å². The van der Waals surface area contributed by atoms with Gasteiger partial charge in [0.2, 0.25) is 0 Å². The molecule has 1 atom stereocenters. The second-order valence-corrected chi connectivity index (χ2v) is 6.21. The highest BCUT2D eigenvalue weighted by molar-refractivity contribution is 6.09. The van der Waals surface area contributed by atoms with E-state index in [0.717, 1.165) is 16.7 Å². The first-order chi connectivity index (χ1) is 10.3. The van der Waals surface area contributed by atoms with Gasteiger partial charge in [-0.05, 0) is 45.3 Å². The molecular weight excluding hydrogens is 284 g/mol. The molecule has 0 saturated carbocycles. The Morgan fingerprint density at radius 3 is 2.41 bits per heavy atom. The van der Waals surface area contributed by atoms with Crippen molar-refractivity contribution in [1.82, 2.24) is 0 Å². The lowest BCUT2D eigenvalue weighted by atomic mass is 9.81. The molecule has 1 saturated heterocycles. The number of carbonyl (C=O) groups excluding carboxylic acids is 3. The van der Waals surface area contributed by atoms with E-state index in [0.29, 0.717) is 18.6 Å². The molecule has 120 valence electrons. The van der Waals surface area contributed by atoms with Gasteiger partial charge in [0.05, 0.1) is 24.9 Å². The van der Waals surface area contributed by atoms with Gasteiger partial charge >= 0.3 is 11.9 Å². The zero-order valence-electron chi connectivity index (χ0n) is 13.6. The summed E-state index contributed by atoms with van der Waals surface area (Å²) < 4.78 is 10.0. The van der Waals surface area contributed by atoms with Crippen LogP contribution in [0.25, 0.3) is 0 Å². The molecule has 0 aromatic carbocycles. The highest BCUT2D eigenvalue weighted by atomic mass is 16.5. The van der Waals surface area contributed by atoms with Crippen molar-refractivity contribution in [3.63, 3.8) is 0 Å². The summed E-state index contributed by atoms with van der Waals surface area (Å²) in [5.74, 6) is -0.761. The number of ketones is 1. The van der Waals surface area contributed by atoms with Crippen LogP contribution in [0.1, 0.15) is 47.0 Å². The summed E-state index contributed by atoms with van der Waals surface area (Å²) in [7, 11) is 0. The first-order valence-electron chi connectivity index (χ1n) is 7.53. The summed E-state index contributed by atoms with van der Waals surface area (Å²) in [4.78, 5) is 36.2. The molecule has 1 aliphatic carbocycles. The minimum Gasteiger partial charge on any atom is -0.466 e. The van der Waals surface area contributed by atoms with Gasteiger partial charge in [-0.3, -0.25) is 14.4 Å². The van der Waals surface area contributed by atoms with Crippen LogP contribution in [0.5, 0.6) is 0 Å². The number of ether oxygens (including phenoxy) is 2. The van der Waals surface area contributed by atoms with Gasteiger partial charge in [0.15, 0.2) is 5.78 Å². The number of hydrogen-bond acceptors (Lipinski definition) is 5. The van der Waals surface area contributed by atoms with Crippen molar-refractivity contribution < 1.29 is 23.9 Å². The Balaban J connectivity index is 2.38. The lowest BCUT2D eigenvalue weighted by Crippen LogP contribution is -2.28. The summed E-state index contributed by atoms with van der Waals surface area (Å²) in [5.41, 5.74) is 2.43. The molecule has 1 unspecified atom stereocenters. The summed E-state index contributed by atoms with van der Waals surface area (Å²) in [6.45, 7) is 7.90. The van der Waals surface area contributed by atoms with Crippen molar-refractivity contribution in [3.05, 3.63) is 22.3 Å². The van der Waals surface area contributed by atoms with Gasteiger partial charge in [-0.2, -0.15) is 0 Å². The van der Waals surface area contributed by atoms with Crippen LogP contribution >= 0.6 is 0 Å². The Hall–Kier alpha value is -1.91. The highest BCUT2D eigenvalue weighted by Gasteiger charge is 2.53. The van der Waals surface area contributed by atoms with Crippen molar-refractivity contribution >= 4 is 17.7 Å². The largest absolute Gasteiger partial charge is 0.466 e. The predicted molar refractivity (Wildman–Crippen MR) is 80.0 cm³/mol. The van der Waals surface area contributed by atoms with Gasteiger partial charge < -0.3 is 9.47 Å². The average Bonchev–Trinajstić information content (AvgIpc) is 2.92. The minimum absolute atomic E-state index is 0.0728. The first kappa shape index (κ1) is 16.5. The summed E-state index contributed by atoms with van der Waals surface area (Å²) >= 11 is 0. The van der Waals surface area contributed by atoms with Crippen LogP contribution in [0.15, 0.2) is 22.3 Å². The van der Waals surface area contributed by atoms with Crippen molar-refractivity contribution in [2.75, 3.05) is 13.2 Å². The van der Waals surface area contributed by atoms with Gasteiger partial charge in [0.1, 0.15) is 6.61 Å². The van der Waals surface area contributed by atoms with E-state index in [-0.39, 0.29) is 37.2 Å². The van der Waals surface area contributed by atoms with Crippen LogP contribution in [-0.2, 0) is 23.9 Å². The quantitative estimate of drug-likeness (QED) is 0.746. The predicted octanol–water partition coefficient (Wildman–Crippen LogP) is 2.50. The standard InChI is InChI=1S/C17H22O5/c1-5-21-13(18)6-12-7-17(8-14(19)22-9-17)16(20)15(12)11(4)10(2)3/h5-9H2,1-4H3. The third-order valence-electron chi connectivity index (χ3n) is 4.39. The van der Waals surface area contributed by atoms with Crippen molar-refractivity contribution in [1.29, 1.82) is 0 Å². The van der Waals surface area contributed by atoms with E-state index in [1.807, 2.05) is 20.8 Å². The lowest BCUT2D eigenvalue weighted by Gasteiger charge is -2.18. The van der Waals surface area contributed by atoms with Crippen molar-refractivity contribution in [2.45, 2.75) is 47.0 Å². The second kappa shape index (κ2) is 6.07. The molecule has 0 aromatic heterocycles. The number of esters is 2. The molecule has 1 fully saturated rings. The van der Waals surface area contributed by atoms with Gasteiger partial charge in [-0.15, -0.1) is 0 Å². The highest BCUT2D eigenvalue weighted by Crippen LogP contribution is 2.48. The maximum atomic E-state index is 12.9. The Labute approximate surface area is 130 Å². The van der Waals surface area contributed by atoms with E-state index >= 15 is 0 Å². The molecule has 0 radical (unpaired) electrons. The molecule has 2 aliphatic rings. The molecule has 22 heavy (non-hydrogen) atoms. The number of carbonyl (C=O) groups is 3. The van der Waals surface area contributed by atoms with Crippen LogP contribution in [0.2, 0.25) is 0 Å². The molecule has 0 bridgehead atoms. The average molecular weight is 306 g/mol. The second-order valence-electron chi connectivity index (χ2n) is 6.21. The number of hydrogen-bond donors (Lipinski definition) is 0. The van der Waals surface area contributed by atoms with E-state index in [9.17, 15) is 14.4 Å². The van der Waals surface area contributed by atoms with Gasteiger partial charge in [0.25, 0.3) is 0 Å². The smallest absolute Gasteiger partial charge is 0.309 e. The first-order valence-corrected chi connectivity index (χ1v) is 7.53. The number of cyclic esters (lactones) is 1. The molecule has 0 N–H and O–H groups in total. The maximum Gasteiger partial charge on any atom is 0.309 e. The third kappa shape index (κ3) is 2.85. The summed E-state index contributed by atoms with van der Waals surface area (Å²) in [5, 5.41) is 0. The lowest BCUT2D eigenvalue weighted by molar-refractivity contribution is -0.142. The van der Waals surface area contributed by atoms with Gasteiger partial charge in [-0.25, -0.2) is 0 Å². The van der Waals surface area contributed by atoms with Crippen LogP contribution < -0.4 is 0 Å². The van der Waals surface area contributed by atoms with Gasteiger partial charge in [-0.1, -0.05) is 5.57 Å². The molecule has 1 spiro atoms. The van der Waals surface area contributed by atoms with E-state index in [1.165, 1.54) is 0 Å². The van der Waals surface area contributed by atoms with Crippen LogP contribution in [0.3, 0.4) is 0 Å².